The van der Waals surface area contributed by atoms with Crippen LogP contribution < -0.4 is 5.32 Å². The molecule has 0 fully saturated rings. The lowest BCUT2D eigenvalue weighted by molar-refractivity contribution is 0.409. The average Bonchev–Trinajstić information content (AvgIpc) is 2.27. The molecule has 1 aromatic heterocycles. The van der Waals surface area contributed by atoms with Gasteiger partial charge in [0.05, 0.1) is 0 Å². The summed E-state index contributed by atoms with van der Waals surface area (Å²) in [6.07, 6.45) is 1.17. The van der Waals surface area contributed by atoms with Gasteiger partial charge < -0.3 is 5.32 Å². The number of pyridine rings is 1. The molecule has 90 valence electrons. The van der Waals surface area contributed by atoms with Crippen LogP contribution >= 0.6 is 0 Å². The van der Waals surface area contributed by atoms with E-state index >= 15 is 0 Å². The van der Waals surface area contributed by atoms with Crippen LogP contribution in [-0.4, -0.2) is 11.0 Å². The molecule has 2 nitrogen and oxygen atoms in total. The number of aromatic nitrogens is 1. The van der Waals surface area contributed by atoms with Gasteiger partial charge in [0.1, 0.15) is 5.69 Å². The number of nitrogens with zero attached hydrogens (tertiary/aromatic N) is 1. The van der Waals surface area contributed by atoms with E-state index in [1.165, 1.54) is 0 Å². The van der Waals surface area contributed by atoms with E-state index < -0.39 is 29.2 Å². The maximum Gasteiger partial charge on any atom is 0.253 e. The van der Waals surface area contributed by atoms with E-state index in [4.69, 9.17) is 0 Å². The molecule has 0 spiro atoms. The number of hydrogen-bond donors (Lipinski definition) is 1. The van der Waals surface area contributed by atoms with Gasteiger partial charge in [0.2, 0.25) is 11.6 Å². The molecule has 0 unspecified atom stereocenters. The normalized spacial score (nSPS) is 10.9. The summed E-state index contributed by atoms with van der Waals surface area (Å²) in [5, 5.41) is 2.43. The molecule has 1 heterocycles. The molecule has 0 amide bonds. The highest BCUT2D eigenvalue weighted by Crippen LogP contribution is 2.23. The van der Waals surface area contributed by atoms with Crippen LogP contribution in [-0.2, 0) is 0 Å². The minimum absolute atomic E-state index is 0.245. The summed E-state index contributed by atoms with van der Waals surface area (Å²) in [6.45, 7) is 3.59. The number of hydrogen-bond acceptors (Lipinski definition) is 2. The first-order valence-corrected chi connectivity index (χ1v) is 4.97. The van der Waals surface area contributed by atoms with Crippen LogP contribution in [0.15, 0.2) is 0 Å². The minimum Gasteiger partial charge on any atom is -0.377 e. The summed E-state index contributed by atoms with van der Waals surface area (Å²) in [6, 6.07) is -0.245. The van der Waals surface area contributed by atoms with Crippen molar-refractivity contribution in [2.24, 2.45) is 0 Å². The summed E-state index contributed by atoms with van der Waals surface area (Å²) in [5.41, 5.74) is -0.793. The van der Waals surface area contributed by atoms with Crippen LogP contribution in [0.1, 0.15) is 26.7 Å². The molecular weight excluding hydrogens is 224 g/mol. The fraction of sp³-hybridized carbons (Fsp3) is 0.500. The van der Waals surface area contributed by atoms with Gasteiger partial charge in [0.25, 0.3) is 11.9 Å². The Kier molecular flexibility index (Phi) is 4.09. The number of halogens is 4. The second kappa shape index (κ2) is 5.14. The first-order chi connectivity index (χ1) is 7.51. The smallest absolute Gasteiger partial charge is 0.253 e. The Morgan fingerprint density at radius 1 is 1.00 bits per heavy atom. The van der Waals surface area contributed by atoms with Gasteiger partial charge in [-0.3, -0.25) is 0 Å². The number of nitrogens with one attached hydrogen (secondary N) is 1. The van der Waals surface area contributed by atoms with Crippen LogP contribution in [0.25, 0.3) is 0 Å². The van der Waals surface area contributed by atoms with Crippen molar-refractivity contribution in [3.05, 3.63) is 23.5 Å². The first kappa shape index (κ1) is 12.7. The predicted octanol–water partition coefficient (Wildman–Crippen LogP) is 3.24. The highest BCUT2D eigenvalue weighted by molar-refractivity contribution is 5.46. The lowest BCUT2D eigenvalue weighted by Gasteiger charge is -2.17. The first-order valence-electron chi connectivity index (χ1n) is 4.97. The highest BCUT2D eigenvalue weighted by atomic mass is 19.2. The Morgan fingerprint density at radius 2 is 1.44 bits per heavy atom. The molecule has 0 atom stereocenters. The molecule has 0 aliphatic carbocycles. The molecule has 16 heavy (non-hydrogen) atoms. The molecule has 1 N–H and O–H groups in total. The van der Waals surface area contributed by atoms with Crippen LogP contribution in [0.4, 0.5) is 23.2 Å². The lowest BCUT2D eigenvalue weighted by atomic mass is 10.1. The van der Waals surface area contributed by atoms with Crippen molar-refractivity contribution in [1.29, 1.82) is 0 Å². The maximum absolute atomic E-state index is 13.2. The third-order valence-electron chi connectivity index (χ3n) is 2.33. The molecule has 0 saturated carbocycles. The Morgan fingerprint density at radius 3 is 1.81 bits per heavy atom. The van der Waals surface area contributed by atoms with Crippen LogP contribution in [0, 0.1) is 23.5 Å². The maximum atomic E-state index is 13.2. The van der Waals surface area contributed by atoms with Gasteiger partial charge in [0.15, 0.2) is 0 Å². The highest BCUT2D eigenvalue weighted by Gasteiger charge is 2.21. The van der Waals surface area contributed by atoms with Crippen LogP contribution in [0.3, 0.4) is 0 Å². The van der Waals surface area contributed by atoms with E-state index in [0.29, 0.717) is 12.8 Å². The third kappa shape index (κ3) is 2.43. The lowest BCUT2D eigenvalue weighted by Crippen LogP contribution is -2.20. The fourth-order valence-corrected chi connectivity index (χ4v) is 1.31. The molecule has 0 aliphatic heterocycles. The second-order valence-electron chi connectivity index (χ2n) is 3.35. The van der Waals surface area contributed by atoms with Gasteiger partial charge in [0, 0.05) is 6.04 Å². The zero-order chi connectivity index (χ0) is 12.3. The van der Waals surface area contributed by atoms with Gasteiger partial charge in [-0.2, -0.15) is 22.5 Å². The van der Waals surface area contributed by atoms with E-state index in [-0.39, 0.29) is 6.04 Å². The minimum atomic E-state index is -1.65. The van der Waals surface area contributed by atoms with Crippen molar-refractivity contribution in [2.75, 3.05) is 5.32 Å². The SMILES string of the molecule is CCC(CC)Nc1c(F)c(F)nc(F)c1F. The van der Waals surface area contributed by atoms with Crippen LogP contribution in [0.2, 0.25) is 0 Å². The van der Waals surface area contributed by atoms with E-state index in [1.807, 2.05) is 0 Å². The number of anilines is 1. The molecule has 1 rings (SSSR count). The Hall–Kier alpha value is -1.33. The Labute approximate surface area is 90.7 Å². The molecular formula is C10H12F4N2. The van der Waals surface area contributed by atoms with Gasteiger partial charge in [-0.25, -0.2) is 0 Å². The zero-order valence-corrected chi connectivity index (χ0v) is 8.95. The molecule has 0 saturated heterocycles. The monoisotopic (exact) mass is 236 g/mol. The zero-order valence-electron chi connectivity index (χ0n) is 8.95. The summed E-state index contributed by atoms with van der Waals surface area (Å²) in [5.74, 6) is -6.28. The summed E-state index contributed by atoms with van der Waals surface area (Å²) >= 11 is 0. The second-order valence-corrected chi connectivity index (χ2v) is 3.35. The van der Waals surface area contributed by atoms with E-state index in [2.05, 4.69) is 10.3 Å². The molecule has 0 aromatic carbocycles. The third-order valence-corrected chi connectivity index (χ3v) is 2.33. The summed E-state index contributed by atoms with van der Waals surface area (Å²) in [7, 11) is 0. The number of rotatable bonds is 4. The van der Waals surface area contributed by atoms with Gasteiger partial charge in [-0.15, -0.1) is 0 Å². The van der Waals surface area contributed by atoms with Crippen molar-refractivity contribution in [3.63, 3.8) is 0 Å². The van der Waals surface area contributed by atoms with Gasteiger partial charge in [-0.05, 0) is 12.8 Å². The molecule has 0 radical (unpaired) electrons. The van der Waals surface area contributed by atoms with Crippen molar-refractivity contribution >= 4 is 5.69 Å². The molecule has 0 aliphatic rings. The molecule has 0 bridgehead atoms. The van der Waals surface area contributed by atoms with Crippen molar-refractivity contribution in [2.45, 2.75) is 32.7 Å². The van der Waals surface area contributed by atoms with E-state index in [1.54, 1.807) is 13.8 Å². The molecule has 1 aromatic rings. The van der Waals surface area contributed by atoms with Gasteiger partial charge >= 0.3 is 0 Å². The molecule has 6 heteroatoms. The van der Waals surface area contributed by atoms with Crippen molar-refractivity contribution in [1.82, 2.24) is 4.98 Å². The van der Waals surface area contributed by atoms with Crippen molar-refractivity contribution in [3.8, 4) is 0 Å². The predicted molar refractivity (Wildman–Crippen MR) is 52.1 cm³/mol. The van der Waals surface area contributed by atoms with E-state index in [0.717, 1.165) is 0 Å². The van der Waals surface area contributed by atoms with Gasteiger partial charge in [-0.1, -0.05) is 13.8 Å². The largest absolute Gasteiger partial charge is 0.377 e. The standard InChI is InChI=1S/C10H12F4N2/c1-3-5(4-2)15-8-6(11)9(13)16-10(14)7(8)12/h5H,3-4H2,1-2H3,(H,15,16). The van der Waals surface area contributed by atoms with Crippen molar-refractivity contribution < 1.29 is 17.6 Å². The summed E-state index contributed by atoms with van der Waals surface area (Å²) < 4.78 is 51.8. The summed E-state index contributed by atoms with van der Waals surface area (Å²) in [4.78, 5) is 2.47. The average molecular weight is 236 g/mol. The Bertz CT molecular complexity index is 351. The Balaban J connectivity index is 3.11. The van der Waals surface area contributed by atoms with Crippen LogP contribution in [0.5, 0.6) is 0 Å². The topological polar surface area (TPSA) is 24.9 Å². The quantitative estimate of drug-likeness (QED) is 0.641. The van der Waals surface area contributed by atoms with E-state index in [9.17, 15) is 17.6 Å². The fourth-order valence-electron chi connectivity index (χ4n) is 1.31.